The monoisotopic (exact) mass is 361 g/mol. The van der Waals surface area contributed by atoms with Crippen molar-refractivity contribution >= 4 is 5.91 Å². The van der Waals surface area contributed by atoms with Crippen LogP contribution in [0.4, 0.5) is 0 Å². The van der Waals surface area contributed by atoms with E-state index in [1.165, 1.54) is 0 Å². The van der Waals surface area contributed by atoms with Crippen LogP contribution in [0.5, 0.6) is 11.5 Å². The number of hydrogen-bond acceptors (Lipinski definition) is 5. The molecule has 144 valence electrons. The summed E-state index contributed by atoms with van der Waals surface area (Å²) in [6, 6.07) is 6.09. The Bertz CT molecular complexity index is 614. The molecule has 3 rings (SSSR count). The lowest BCUT2D eigenvalue weighted by atomic mass is 9.99. The quantitative estimate of drug-likeness (QED) is 0.838. The number of rotatable bonds is 6. The fourth-order valence-corrected chi connectivity index (χ4v) is 4.07. The molecule has 0 aromatic heterocycles. The highest BCUT2D eigenvalue weighted by molar-refractivity contribution is 5.76. The van der Waals surface area contributed by atoms with Crippen molar-refractivity contribution in [2.45, 2.75) is 38.3 Å². The van der Waals surface area contributed by atoms with E-state index >= 15 is 0 Å². The SMILES string of the molecule is COc1ccc(OC)c(CN2CCN(C(=O)C[C@@H]3CCC[C@H]3N)CC2)c1. The fraction of sp³-hybridized carbons (Fsp3) is 0.650. The molecule has 2 N–H and O–H groups in total. The van der Waals surface area contributed by atoms with Crippen LogP contribution in [0.25, 0.3) is 0 Å². The highest BCUT2D eigenvalue weighted by atomic mass is 16.5. The van der Waals surface area contributed by atoms with Crippen molar-refractivity contribution in [3.05, 3.63) is 23.8 Å². The van der Waals surface area contributed by atoms with Gasteiger partial charge in [-0.3, -0.25) is 9.69 Å². The molecule has 2 aliphatic rings. The molecule has 1 aromatic carbocycles. The number of hydrogen-bond donors (Lipinski definition) is 1. The molecule has 0 spiro atoms. The summed E-state index contributed by atoms with van der Waals surface area (Å²) in [5.41, 5.74) is 7.23. The lowest BCUT2D eigenvalue weighted by molar-refractivity contribution is -0.134. The number of nitrogens with two attached hydrogens (primary N) is 1. The molecule has 1 heterocycles. The Hall–Kier alpha value is -1.79. The summed E-state index contributed by atoms with van der Waals surface area (Å²) in [4.78, 5) is 16.9. The van der Waals surface area contributed by atoms with Crippen LogP contribution in [0.15, 0.2) is 18.2 Å². The third-order valence-corrected chi connectivity index (χ3v) is 5.76. The van der Waals surface area contributed by atoms with Crippen molar-refractivity contribution in [3.8, 4) is 11.5 Å². The first kappa shape index (κ1) is 19.0. The molecule has 6 nitrogen and oxygen atoms in total. The van der Waals surface area contributed by atoms with Gasteiger partial charge in [0.1, 0.15) is 11.5 Å². The van der Waals surface area contributed by atoms with Crippen LogP contribution in [0.1, 0.15) is 31.2 Å². The van der Waals surface area contributed by atoms with Gasteiger partial charge in [-0.15, -0.1) is 0 Å². The Balaban J connectivity index is 1.51. The van der Waals surface area contributed by atoms with Crippen LogP contribution in [0, 0.1) is 5.92 Å². The van der Waals surface area contributed by atoms with E-state index in [0.717, 1.165) is 69.0 Å². The molecule has 6 heteroatoms. The summed E-state index contributed by atoms with van der Waals surface area (Å²) in [6.45, 7) is 4.13. The smallest absolute Gasteiger partial charge is 0.222 e. The molecular formula is C20H31N3O3. The number of nitrogens with zero attached hydrogens (tertiary/aromatic N) is 2. The third-order valence-electron chi connectivity index (χ3n) is 5.76. The van der Waals surface area contributed by atoms with Crippen LogP contribution in [-0.4, -0.2) is 62.1 Å². The predicted molar refractivity (Wildman–Crippen MR) is 101 cm³/mol. The molecule has 1 amide bonds. The van der Waals surface area contributed by atoms with E-state index in [1.807, 2.05) is 23.1 Å². The highest BCUT2D eigenvalue weighted by Crippen LogP contribution is 2.28. The van der Waals surface area contributed by atoms with E-state index in [4.69, 9.17) is 15.2 Å². The summed E-state index contributed by atoms with van der Waals surface area (Å²) in [5, 5.41) is 0. The van der Waals surface area contributed by atoms with Gasteiger partial charge >= 0.3 is 0 Å². The zero-order valence-electron chi connectivity index (χ0n) is 15.9. The van der Waals surface area contributed by atoms with Gasteiger partial charge in [0, 0.05) is 50.7 Å². The molecular weight excluding hydrogens is 330 g/mol. The maximum Gasteiger partial charge on any atom is 0.222 e. The second kappa shape index (κ2) is 8.73. The van der Waals surface area contributed by atoms with E-state index < -0.39 is 0 Å². The molecule has 2 atom stereocenters. The number of carbonyl (C=O) groups excluding carboxylic acids is 1. The van der Waals surface area contributed by atoms with Crippen molar-refractivity contribution < 1.29 is 14.3 Å². The largest absolute Gasteiger partial charge is 0.497 e. The van der Waals surface area contributed by atoms with Gasteiger partial charge in [-0.2, -0.15) is 0 Å². The summed E-state index contributed by atoms with van der Waals surface area (Å²) in [6.07, 6.45) is 3.94. The molecule has 0 radical (unpaired) electrons. The van der Waals surface area contributed by atoms with Gasteiger partial charge < -0.3 is 20.1 Å². The first-order chi connectivity index (χ1) is 12.6. The zero-order chi connectivity index (χ0) is 18.5. The molecule has 2 fully saturated rings. The average Bonchev–Trinajstić information content (AvgIpc) is 3.06. The van der Waals surface area contributed by atoms with E-state index in [-0.39, 0.29) is 11.9 Å². The average molecular weight is 361 g/mol. The van der Waals surface area contributed by atoms with E-state index in [0.29, 0.717) is 12.3 Å². The molecule has 0 bridgehead atoms. The fourth-order valence-electron chi connectivity index (χ4n) is 4.07. The number of carbonyl (C=O) groups is 1. The second-order valence-electron chi connectivity index (χ2n) is 7.39. The number of amides is 1. The van der Waals surface area contributed by atoms with Crippen molar-refractivity contribution in [1.29, 1.82) is 0 Å². The second-order valence-corrected chi connectivity index (χ2v) is 7.39. The van der Waals surface area contributed by atoms with Crippen molar-refractivity contribution in [1.82, 2.24) is 9.80 Å². The van der Waals surface area contributed by atoms with Crippen molar-refractivity contribution in [2.75, 3.05) is 40.4 Å². The van der Waals surface area contributed by atoms with E-state index in [1.54, 1.807) is 14.2 Å². The summed E-state index contributed by atoms with van der Waals surface area (Å²) in [7, 11) is 3.36. The number of piperazine rings is 1. The van der Waals surface area contributed by atoms with Crippen LogP contribution in [0.2, 0.25) is 0 Å². The first-order valence-electron chi connectivity index (χ1n) is 9.57. The van der Waals surface area contributed by atoms with E-state index in [9.17, 15) is 4.79 Å². The summed E-state index contributed by atoms with van der Waals surface area (Å²) >= 11 is 0. The Morgan fingerprint density at radius 3 is 2.54 bits per heavy atom. The van der Waals surface area contributed by atoms with Crippen molar-refractivity contribution in [2.24, 2.45) is 11.7 Å². The van der Waals surface area contributed by atoms with Gasteiger partial charge in [0.05, 0.1) is 14.2 Å². The minimum Gasteiger partial charge on any atom is -0.497 e. The van der Waals surface area contributed by atoms with Crippen LogP contribution in [-0.2, 0) is 11.3 Å². The summed E-state index contributed by atoms with van der Waals surface area (Å²) in [5.74, 6) is 2.36. The summed E-state index contributed by atoms with van der Waals surface area (Å²) < 4.78 is 10.8. The molecule has 1 saturated carbocycles. The topological polar surface area (TPSA) is 68.0 Å². The van der Waals surface area contributed by atoms with Gasteiger partial charge in [-0.1, -0.05) is 6.42 Å². The lowest BCUT2D eigenvalue weighted by Crippen LogP contribution is -2.49. The molecule has 0 unspecified atom stereocenters. The van der Waals surface area contributed by atoms with Gasteiger partial charge in [0.25, 0.3) is 0 Å². The van der Waals surface area contributed by atoms with Crippen LogP contribution in [0.3, 0.4) is 0 Å². The minimum absolute atomic E-state index is 0.209. The highest BCUT2D eigenvalue weighted by Gasteiger charge is 2.29. The Labute approximate surface area is 156 Å². The maximum atomic E-state index is 12.6. The number of ether oxygens (including phenoxy) is 2. The Morgan fingerprint density at radius 2 is 1.92 bits per heavy atom. The molecule has 26 heavy (non-hydrogen) atoms. The maximum absolute atomic E-state index is 12.6. The Morgan fingerprint density at radius 1 is 1.15 bits per heavy atom. The molecule has 1 aliphatic heterocycles. The van der Waals surface area contributed by atoms with Gasteiger partial charge in [0.2, 0.25) is 5.91 Å². The number of methoxy groups -OCH3 is 2. The predicted octanol–water partition coefficient (Wildman–Crippen LogP) is 1.87. The molecule has 1 aliphatic carbocycles. The first-order valence-corrected chi connectivity index (χ1v) is 9.57. The van der Waals surface area contributed by atoms with Gasteiger partial charge in [-0.05, 0) is 37.0 Å². The Kier molecular flexibility index (Phi) is 6.38. The molecule has 1 saturated heterocycles. The molecule has 1 aromatic rings. The standard InChI is InChI=1S/C20H31N3O3/c1-25-17-6-7-19(26-2)16(12-17)14-22-8-10-23(11-9-22)20(24)13-15-4-3-5-18(15)21/h6-7,12,15,18H,3-5,8-11,13-14,21H2,1-2H3/t15-,18+/m0/s1. The lowest BCUT2D eigenvalue weighted by Gasteiger charge is -2.35. The van der Waals surface area contributed by atoms with Crippen LogP contribution < -0.4 is 15.2 Å². The number of benzene rings is 1. The normalized spacial score (nSPS) is 23.9. The van der Waals surface area contributed by atoms with E-state index in [2.05, 4.69) is 4.90 Å². The van der Waals surface area contributed by atoms with Gasteiger partial charge in [-0.25, -0.2) is 0 Å². The zero-order valence-corrected chi connectivity index (χ0v) is 15.9. The minimum atomic E-state index is 0.209. The van der Waals surface area contributed by atoms with Gasteiger partial charge in [0.15, 0.2) is 0 Å². The van der Waals surface area contributed by atoms with Crippen LogP contribution >= 0.6 is 0 Å². The van der Waals surface area contributed by atoms with Crippen molar-refractivity contribution in [3.63, 3.8) is 0 Å². The third kappa shape index (κ3) is 4.48.